The van der Waals surface area contributed by atoms with Gasteiger partial charge in [0.2, 0.25) is 5.91 Å². The molecule has 2 heterocycles. The number of ether oxygens (including phenoxy) is 1. The SMILES string of the molecule is COc1ccc(CC(=O)N(CCCn2ccnc2)c2nc3c(C)cccc3s2)cc1. The van der Waals surface area contributed by atoms with Crippen LogP contribution in [0.2, 0.25) is 0 Å². The van der Waals surface area contributed by atoms with E-state index in [0.29, 0.717) is 13.0 Å². The number of carbonyl (C=O) groups excluding carboxylic acids is 1. The number of anilines is 1. The Labute approximate surface area is 179 Å². The number of rotatable bonds is 8. The molecule has 2 aromatic heterocycles. The largest absolute Gasteiger partial charge is 0.497 e. The number of carbonyl (C=O) groups is 1. The van der Waals surface area contributed by atoms with E-state index in [-0.39, 0.29) is 5.91 Å². The zero-order valence-corrected chi connectivity index (χ0v) is 17.9. The number of methoxy groups -OCH3 is 1. The topological polar surface area (TPSA) is 60.2 Å². The van der Waals surface area contributed by atoms with Crippen molar-refractivity contribution in [2.24, 2.45) is 0 Å². The fourth-order valence-electron chi connectivity index (χ4n) is 3.36. The first-order chi connectivity index (χ1) is 14.6. The summed E-state index contributed by atoms with van der Waals surface area (Å²) in [5.41, 5.74) is 3.04. The Morgan fingerprint density at radius 1 is 1.20 bits per heavy atom. The average molecular weight is 421 g/mol. The molecule has 7 heteroatoms. The number of para-hydroxylation sites is 1. The van der Waals surface area contributed by atoms with Gasteiger partial charge in [-0.3, -0.25) is 9.69 Å². The molecule has 0 aliphatic heterocycles. The lowest BCUT2D eigenvalue weighted by molar-refractivity contribution is -0.118. The number of hydrogen-bond acceptors (Lipinski definition) is 5. The molecule has 0 aliphatic carbocycles. The van der Waals surface area contributed by atoms with Gasteiger partial charge in [0.15, 0.2) is 5.13 Å². The molecular formula is C23H24N4O2S. The Bertz CT molecular complexity index is 1120. The van der Waals surface area contributed by atoms with Crippen molar-refractivity contribution >= 4 is 32.6 Å². The van der Waals surface area contributed by atoms with Crippen LogP contribution in [-0.2, 0) is 17.8 Å². The van der Waals surface area contributed by atoms with Gasteiger partial charge in [-0.15, -0.1) is 0 Å². The summed E-state index contributed by atoms with van der Waals surface area (Å²) < 4.78 is 8.33. The summed E-state index contributed by atoms with van der Waals surface area (Å²) in [7, 11) is 1.64. The monoisotopic (exact) mass is 420 g/mol. The van der Waals surface area contributed by atoms with Crippen molar-refractivity contribution in [1.29, 1.82) is 0 Å². The van der Waals surface area contributed by atoms with Crippen LogP contribution in [0.1, 0.15) is 17.5 Å². The first kappa shape index (κ1) is 20.1. The second-order valence-electron chi connectivity index (χ2n) is 7.14. The maximum Gasteiger partial charge on any atom is 0.233 e. The molecule has 0 radical (unpaired) electrons. The quantitative estimate of drug-likeness (QED) is 0.422. The Morgan fingerprint density at radius 3 is 2.73 bits per heavy atom. The highest BCUT2D eigenvalue weighted by molar-refractivity contribution is 7.22. The van der Waals surface area contributed by atoms with E-state index in [1.165, 1.54) is 0 Å². The van der Waals surface area contributed by atoms with Crippen molar-refractivity contribution in [3.8, 4) is 5.75 Å². The fraction of sp³-hybridized carbons (Fsp3) is 0.261. The second-order valence-corrected chi connectivity index (χ2v) is 8.15. The van der Waals surface area contributed by atoms with Crippen LogP contribution in [0.25, 0.3) is 10.2 Å². The van der Waals surface area contributed by atoms with Gasteiger partial charge in [0.1, 0.15) is 5.75 Å². The molecule has 0 unspecified atom stereocenters. The lowest BCUT2D eigenvalue weighted by Crippen LogP contribution is -2.33. The molecule has 2 aromatic carbocycles. The minimum atomic E-state index is 0.0440. The number of hydrogen-bond donors (Lipinski definition) is 0. The van der Waals surface area contributed by atoms with Crippen molar-refractivity contribution in [2.45, 2.75) is 26.3 Å². The highest BCUT2D eigenvalue weighted by Crippen LogP contribution is 2.31. The van der Waals surface area contributed by atoms with E-state index in [2.05, 4.69) is 11.1 Å². The standard InChI is InChI=1S/C23H24N4O2S/c1-17-5-3-6-20-22(17)25-23(30-20)27(13-4-12-26-14-11-24-16-26)21(28)15-18-7-9-19(29-2)10-8-18/h3,5-11,14,16H,4,12-13,15H2,1-2H3. The lowest BCUT2D eigenvalue weighted by Gasteiger charge is -2.20. The van der Waals surface area contributed by atoms with Crippen LogP contribution >= 0.6 is 11.3 Å². The van der Waals surface area contributed by atoms with E-state index >= 15 is 0 Å². The number of benzene rings is 2. The molecule has 1 amide bonds. The Hall–Kier alpha value is -3.19. The summed E-state index contributed by atoms with van der Waals surface area (Å²) in [6, 6.07) is 13.8. The van der Waals surface area contributed by atoms with Crippen molar-refractivity contribution in [3.63, 3.8) is 0 Å². The molecule has 0 atom stereocenters. The Morgan fingerprint density at radius 2 is 2.03 bits per heavy atom. The van der Waals surface area contributed by atoms with Crippen LogP contribution in [0, 0.1) is 6.92 Å². The smallest absolute Gasteiger partial charge is 0.233 e. The summed E-state index contributed by atoms with van der Waals surface area (Å²) in [6.07, 6.45) is 6.64. The summed E-state index contributed by atoms with van der Waals surface area (Å²) in [5.74, 6) is 0.826. The van der Waals surface area contributed by atoms with Gasteiger partial charge in [0, 0.05) is 25.5 Å². The third-order valence-corrected chi connectivity index (χ3v) is 6.06. The van der Waals surface area contributed by atoms with Gasteiger partial charge in [-0.05, 0) is 42.7 Å². The number of thiazole rings is 1. The molecule has 0 aliphatic rings. The highest BCUT2D eigenvalue weighted by Gasteiger charge is 2.20. The molecule has 0 N–H and O–H groups in total. The summed E-state index contributed by atoms with van der Waals surface area (Å²) in [6.45, 7) is 3.46. The van der Waals surface area contributed by atoms with Crippen LogP contribution in [0.5, 0.6) is 5.75 Å². The van der Waals surface area contributed by atoms with E-state index in [1.807, 2.05) is 59.0 Å². The van der Waals surface area contributed by atoms with Gasteiger partial charge in [0.25, 0.3) is 0 Å². The molecular weight excluding hydrogens is 396 g/mol. The Balaban J connectivity index is 1.56. The normalized spacial score (nSPS) is 11.0. The van der Waals surface area contributed by atoms with E-state index in [0.717, 1.165) is 45.2 Å². The lowest BCUT2D eigenvalue weighted by atomic mass is 10.1. The number of nitrogens with zero attached hydrogens (tertiary/aromatic N) is 4. The van der Waals surface area contributed by atoms with E-state index in [4.69, 9.17) is 9.72 Å². The first-order valence-electron chi connectivity index (χ1n) is 9.89. The van der Waals surface area contributed by atoms with Gasteiger partial charge in [-0.2, -0.15) is 0 Å². The third-order valence-electron chi connectivity index (χ3n) is 5.01. The minimum absolute atomic E-state index is 0.0440. The fourth-order valence-corrected chi connectivity index (χ4v) is 4.45. The van der Waals surface area contributed by atoms with Crippen molar-refractivity contribution in [1.82, 2.24) is 14.5 Å². The Kier molecular flexibility index (Phi) is 6.09. The average Bonchev–Trinajstić information content (AvgIpc) is 3.42. The predicted octanol–water partition coefficient (Wildman–Crippen LogP) is 4.48. The molecule has 0 spiro atoms. The van der Waals surface area contributed by atoms with Crippen LogP contribution in [0.4, 0.5) is 5.13 Å². The molecule has 0 saturated heterocycles. The number of amides is 1. The van der Waals surface area contributed by atoms with Gasteiger partial charge in [0.05, 0.1) is 30.1 Å². The molecule has 30 heavy (non-hydrogen) atoms. The molecule has 0 fully saturated rings. The molecule has 0 bridgehead atoms. The summed E-state index contributed by atoms with van der Waals surface area (Å²) >= 11 is 1.57. The van der Waals surface area contributed by atoms with Crippen LogP contribution in [0.15, 0.2) is 61.2 Å². The predicted molar refractivity (Wildman–Crippen MR) is 120 cm³/mol. The number of imidazole rings is 1. The van der Waals surface area contributed by atoms with Crippen molar-refractivity contribution in [2.75, 3.05) is 18.6 Å². The molecule has 154 valence electrons. The number of fused-ring (bicyclic) bond motifs is 1. The number of aromatic nitrogens is 3. The van der Waals surface area contributed by atoms with Crippen LogP contribution in [-0.4, -0.2) is 34.1 Å². The zero-order valence-electron chi connectivity index (χ0n) is 17.1. The minimum Gasteiger partial charge on any atom is -0.497 e. The summed E-state index contributed by atoms with van der Waals surface area (Å²) in [5, 5.41) is 0.753. The first-order valence-corrected chi connectivity index (χ1v) is 10.7. The van der Waals surface area contributed by atoms with Crippen molar-refractivity contribution in [3.05, 3.63) is 72.3 Å². The maximum absolute atomic E-state index is 13.3. The van der Waals surface area contributed by atoms with Crippen LogP contribution < -0.4 is 9.64 Å². The highest BCUT2D eigenvalue weighted by atomic mass is 32.1. The second kappa shape index (κ2) is 9.09. The van der Waals surface area contributed by atoms with Gasteiger partial charge in [-0.25, -0.2) is 9.97 Å². The van der Waals surface area contributed by atoms with Crippen molar-refractivity contribution < 1.29 is 9.53 Å². The van der Waals surface area contributed by atoms with E-state index in [1.54, 1.807) is 31.0 Å². The van der Waals surface area contributed by atoms with Gasteiger partial charge < -0.3 is 9.30 Å². The summed E-state index contributed by atoms with van der Waals surface area (Å²) in [4.78, 5) is 24.0. The molecule has 4 rings (SSSR count). The van der Waals surface area contributed by atoms with Crippen LogP contribution in [0.3, 0.4) is 0 Å². The van der Waals surface area contributed by atoms with E-state index in [9.17, 15) is 4.79 Å². The maximum atomic E-state index is 13.3. The van der Waals surface area contributed by atoms with Gasteiger partial charge >= 0.3 is 0 Å². The molecule has 4 aromatic rings. The van der Waals surface area contributed by atoms with E-state index < -0.39 is 0 Å². The zero-order chi connectivity index (χ0) is 20.9. The number of aryl methyl sites for hydroxylation is 2. The van der Waals surface area contributed by atoms with Gasteiger partial charge in [-0.1, -0.05) is 35.6 Å². The molecule has 6 nitrogen and oxygen atoms in total. The molecule has 0 saturated carbocycles. The third kappa shape index (κ3) is 4.52.